The molecule has 1 aliphatic heterocycles. The summed E-state index contributed by atoms with van der Waals surface area (Å²) in [6, 6.07) is 10.2. The van der Waals surface area contributed by atoms with Gasteiger partial charge in [-0.2, -0.15) is 0 Å². The van der Waals surface area contributed by atoms with Gasteiger partial charge in [0.2, 0.25) is 5.91 Å². The highest BCUT2D eigenvalue weighted by Gasteiger charge is 2.25. The first-order valence-electron chi connectivity index (χ1n) is 9.93. The number of nitrogens with one attached hydrogen (secondary N) is 1. The molecule has 0 spiro atoms. The van der Waals surface area contributed by atoms with Crippen molar-refractivity contribution in [1.29, 1.82) is 0 Å². The van der Waals surface area contributed by atoms with Gasteiger partial charge in [0.25, 0.3) is 0 Å². The van der Waals surface area contributed by atoms with Gasteiger partial charge < -0.3 is 14.5 Å². The van der Waals surface area contributed by atoms with Gasteiger partial charge >= 0.3 is 0 Å². The Morgan fingerprint density at radius 2 is 2.13 bits per heavy atom. The first-order valence-corrected chi connectivity index (χ1v) is 10.8. The fraction of sp³-hybridized carbons (Fsp3) is 0.364. The number of aromatic nitrogens is 1. The third kappa shape index (κ3) is 5.13. The van der Waals surface area contributed by atoms with Gasteiger partial charge in [-0.05, 0) is 31.2 Å². The molecule has 1 aliphatic rings. The number of aryl methyl sites for hydroxylation is 1. The predicted molar refractivity (Wildman–Crippen MR) is 113 cm³/mol. The Bertz CT molecular complexity index is 997. The summed E-state index contributed by atoms with van der Waals surface area (Å²) in [6.07, 6.45) is 0.179. The zero-order valence-electron chi connectivity index (χ0n) is 16.8. The molecule has 0 aliphatic carbocycles. The molecule has 158 valence electrons. The highest BCUT2D eigenvalue weighted by molar-refractivity contribution is 7.13. The van der Waals surface area contributed by atoms with Crippen molar-refractivity contribution >= 4 is 17.2 Å². The van der Waals surface area contributed by atoms with Crippen molar-refractivity contribution in [2.45, 2.75) is 19.4 Å². The molecule has 3 aromatic rings. The molecule has 8 heteroatoms. The van der Waals surface area contributed by atoms with Crippen LogP contribution >= 0.6 is 11.3 Å². The number of amides is 1. The van der Waals surface area contributed by atoms with Gasteiger partial charge in [0.15, 0.2) is 0 Å². The molecule has 1 aromatic carbocycles. The van der Waals surface area contributed by atoms with E-state index in [-0.39, 0.29) is 24.2 Å². The summed E-state index contributed by atoms with van der Waals surface area (Å²) in [7, 11) is 0. The minimum absolute atomic E-state index is 0.0372. The number of halogens is 1. The lowest BCUT2D eigenvalue weighted by Gasteiger charge is -2.33. The van der Waals surface area contributed by atoms with Gasteiger partial charge in [0.1, 0.15) is 22.3 Å². The molecule has 1 saturated heterocycles. The summed E-state index contributed by atoms with van der Waals surface area (Å²) >= 11 is 1.41. The van der Waals surface area contributed by atoms with Crippen LogP contribution in [0.1, 0.15) is 23.3 Å². The van der Waals surface area contributed by atoms with E-state index in [1.807, 2.05) is 30.5 Å². The number of hydrogen-bond donors (Lipinski definition) is 1. The number of nitrogens with zero attached hydrogens (tertiary/aromatic N) is 2. The van der Waals surface area contributed by atoms with Crippen molar-refractivity contribution < 1.29 is 18.3 Å². The maximum absolute atomic E-state index is 13.4. The maximum Gasteiger partial charge on any atom is 0.226 e. The number of carbonyl (C=O) groups is 1. The largest absolute Gasteiger partial charge is 0.465 e. The van der Waals surface area contributed by atoms with Crippen molar-refractivity contribution in [3.63, 3.8) is 0 Å². The summed E-state index contributed by atoms with van der Waals surface area (Å²) in [4.78, 5) is 19.3. The van der Waals surface area contributed by atoms with Crippen LogP contribution in [0.2, 0.25) is 0 Å². The molecule has 1 amide bonds. The van der Waals surface area contributed by atoms with Crippen LogP contribution in [-0.4, -0.2) is 48.6 Å². The van der Waals surface area contributed by atoms with Crippen LogP contribution in [0, 0.1) is 12.7 Å². The first kappa shape index (κ1) is 20.7. The van der Waals surface area contributed by atoms with Crippen LogP contribution in [0.4, 0.5) is 4.39 Å². The molecule has 1 unspecified atom stereocenters. The standard InChI is InChI=1S/C22H24FN3O3S/c1-15-5-6-20(29-15)19(26-7-9-28-10-8-26)13-24-21(27)12-18-14-30-22(25-18)16-3-2-4-17(23)11-16/h2-6,11,14,19H,7-10,12-13H2,1H3,(H,24,27). The van der Waals surface area contributed by atoms with Gasteiger partial charge in [0.05, 0.1) is 31.4 Å². The van der Waals surface area contributed by atoms with Crippen LogP contribution in [0.3, 0.4) is 0 Å². The first-order chi connectivity index (χ1) is 14.6. The molecule has 3 heterocycles. The van der Waals surface area contributed by atoms with Crippen molar-refractivity contribution in [2.75, 3.05) is 32.8 Å². The Labute approximate surface area is 178 Å². The van der Waals surface area contributed by atoms with Crippen molar-refractivity contribution in [1.82, 2.24) is 15.2 Å². The summed E-state index contributed by atoms with van der Waals surface area (Å²) in [5.74, 6) is 1.29. The number of thiazole rings is 1. The van der Waals surface area contributed by atoms with Crippen molar-refractivity contribution in [3.8, 4) is 10.6 Å². The van der Waals surface area contributed by atoms with E-state index in [0.717, 1.165) is 24.6 Å². The van der Waals surface area contributed by atoms with Crippen molar-refractivity contribution in [3.05, 3.63) is 64.8 Å². The summed E-state index contributed by atoms with van der Waals surface area (Å²) in [5, 5.41) is 5.56. The highest BCUT2D eigenvalue weighted by Crippen LogP contribution is 2.25. The molecule has 0 saturated carbocycles. The quantitative estimate of drug-likeness (QED) is 0.622. The monoisotopic (exact) mass is 429 g/mol. The Morgan fingerprint density at radius 3 is 2.87 bits per heavy atom. The summed E-state index contributed by atoms with van der Waals surface area (Å²) < 4.78 is 24.7. The smallest absolute Gasteiger partial charge is 0.226 e. The number of carbonyl (C=O) groups excluding carboxylic acids is 1. The van der Waals surface area contributed by atoms with Gasteiger partial charge in [-0.15, -0.1) is 11.3 Å². The maximum atomic E-state index is 13.4. The van der Waals surface area contributed by atoms with E-state index in [2.05, 4.69) is 15.2 Å². The second-order valence-corrected chi connectivity index (χ2v) is 8.11. The van der Waals surface area contributed by atoms with Crippen LogP contribution in [0.5, 0.6) is 0 Å². The van der Waals surface area contributed by atoms with Gasteiger partial charge in [0, 0.05) is 30.6 Å². The number of rotatable bonds is 7. The fourth-order valence-electron chi connectivity index (χ4n) is 3.51. The molecule has 0 radical (unpaired) electrons. The topological polar surface area (TPSA) is 67.6 Å². The molecule has 1 atom stereocenters. The van der Waals surface area contributed by atoms with E-state index in [0.29, 0.717) is 36.0 Å². The Morgan fingerprint density at radius 1 is 1.30 bits per heavy atom. The minimum atomic E-state index is -0.302. The SMILES string of the molecule is Cc1ccc(C(CNC(=O)Cc2csc(-c3cccc(F)c3)n2)N2CCOCC2)o1. The number of ether oxygens (including phenoxy) is 1. The van der Waals surface area contributed by atoms with E-state index in [9.17, 15) is 9.18 Å². The van der Waals surface area contributed by atoms with Crippen LogP contribution in [0.15, 0.2) is 46.2 Å². The Hall–Kier alpha value is -2.55. The summed E-state index contributed by atoms with van der Waals surface area (Å²) in [5.41, 5.74) is 1.39. The lowest BCUT2D eigenvalue weighted by molar-refractivity contribution is -0.120. The Kier molecular flexibility index (Phi) is 6.56. The van der Waals surface area contributed by atoms with E-state index < -0.39 is 0 Å². The highest BCUT2D eigenvalue weighted by atomic mass is 32.1. The number of furan rings is 1. The zero-order chi connectivity index (χ0) is 20.9. The average Bonchev–Trinajstić information content (AvgIpc) is 3.38. The zero-order valence-corrected chi connectivity index (χ0v) is 17.6. The third-order valence-corrected chi connectivity index (χ3v) is 5.97. The van der Waals surface area contributed by atoms with E-state index in [4.69, 9.17) is 9.15 Å². The van der Waals surface area contributed by atoms with Gasteiger partial charge in [-0.25, -0.2) is 9.37 Å². The van der Waals surface area contributed by atoms with E-state index >= 15 is 0 Å². The van der Waals surface area contributed by atoms with Crippen LogP contribution in [-0.2, 0) is 16.0 Å². The average molecular weight is 430 g/mol. The molecule has 1 N–H and O–H groups in total. The molecule has 6 nitrogen and oxygen atoms in total. The molecular weight excluding hydrogens is 405 g/mol. The van der Waals surface area contributed by atoms with Crippen molar-refractivity contribution in [2.24, 2.45) is 0 Å². The minimum Gasteiger partial charge on any atom is -0.465 e. The fourth-order valence-corrected chi connectivity index (χ4v) is 4.33. The lowest BCUT2D eigenvalue weighted by Crippen LogP contribution is -2.44. The Balaban J connectivity index is 1.38. The normalized spacial score (nSPS) is 15.8. The second-order valence-electron chi connectivity index (χ2n) is 7.25. The molecule has 30 heavy (non-hydrogen) atoms. The summed E-state index contributed by atoms with van der Waals surface area (Å²) in [6.45, 7) is 5.30. The predicted octanol–water partition coefficient (Wildman–Crippen LogP) is 3.58. The number of morpholine rings is 1. The molecule has 2 aromatic heterocycles. The molecule has 0 bridgehead atoms. The molecular formula is C22H24FN3O3S. The van der Waals surface area contributed by atoms with E-state index in [1.165, 1.54) is 23.5 Å². The number of hydrogen-bond acceptors (Lipinski definition) is 6. The van der Waals surface area contributed by atoms with Gasteiger partial charge in [-0.1, -0.05) is 12.1 Å². The lowest BCUT2D eigenvalue weighted by atomic mass is 10.1. The molecule has 1 fully saturated rings. The van der Waals surface area contributed by atoms with Gasteiger partial charge in [-0.3, -0.25) is 9.69 Å². The van der Waals surface area contributed by atoms with Crippen LogP contribution in [0.25, 0.3) is 10.6 Å². The molecule has 4 rings (SSSR count). The number of benzene rings is 1. The third-order valence-electron chi connectivity index (χ3n) is 5.03. The second kappa shape index (κ2) is 9.51. The van der Waals surface area contributed by atoms with Crippen LogP contribution < -0.4 is 5.32 Å². The van der Waals surface area contributed by atoms with E-state index in [1.54, 1.807) is 6.07 Å².